The normalized spacial score (nSPS) is 20.4. The van der Waals surface area contributed by atoms with Gasteiger partial charge in [0.25, 0.3) is 5.91 Å². The number of carbonyl (C=O) groups is 2. The lowest BCUT2D eigenvalue weighted by atomic mass is 9.92. The highest BCUT2D eigenvalue weighted by Crippen LogP contribution is 2.34. The van der Waals surface area contributed by atoms with E-state index in [2.05, 4.69) is 23.6 Å². The molecule has 7 heteroatoms. The molecular weight excluding hydrogens is 416 g/mol. The van der Waals surface area contributed by atoms with Crippen LogP contribution in [0.25, 0.3) is 0 Å². The minimum absolute atomic E-state index is 0.0301. The molecule has 7 nitrogen and oxygen atoms in total. The molecule has 0 saturated carbocycles. The zero-order valence-electron chi connectivity index (χ0n) is 20.1. The Morgan fingerprint density at radius 2 is 1.70 bits per heavy atom. The molecule has 1 aliphatic rings. The highest BCUT2D eigenvalue weighted by atomic mass is 16.3. The fraction of sp³-hybridized carbons (Fsp3) is 0.462. The van der Waals surface area contributed by atoms with E-state index >= 15 is 0 Å². The number of primary amides is 1. The molecule has 3 unspecified atom stereocenters. The number of amides is 2. The van der Waals surface area contributed by atoms with Crippen molar-refractivity contribution < 1.29 is 14.7 Å². The molecule has 2 aromatic carbocycles. The van der Waals surface area contributed by atoms with Crippen molar-refractivity contribution in [1.29, 1.82) is 0 Å². The van der Waals surface area contributed by atoms with E-state index in [1.807, 2.05) is 55.1 Å². The monoisotopic (exact) mass is 452 g/mol. The quantitative estimate of drug-likeness (QED) is 0.643. The van der Waals surface area contributed by atoms with Gasteiger partial charge in [-0.15, -0.1) is 0 Å². The maximum atomic E-state index is 12.8. The molecule has 1 saturated heterocycles. The van der Waals surface area contributed by atoms with Crippen molar-refractivity contribution in [3.8, 4) is 5.75 Å². The van der Waals surface area contributed by atoms with Crippen LogP contribution in [0.4, 0.5) is 0 Å². The summed E-state index contributed by atoms with van der Waals surface area (Å²) >= 11 is 0. The minimum Gasteiger partial charge on any atom is -0.508 e. The van der Waals surface area contributed by atoms with Gasteiger partial charge in [0.2, 0.25) is 5.91 Å². The summed E-state index contributed by atoms with van der Waals surface area (Å²) in [4.78, 5) is 30.6. The van der Waals surface area contributed by atoms with Gasteiger partial charge in [0, 0.05) is 43.8 Å². The predicted molar refractivity (Wildman–Crippen MR) is 130 cm³/mol. The fourth-order valence-corrected chi connectivity index (χ4v) is 4.78. The van der Waals surface area contributed by atoms with E-state index in [1.165, 1.54) is 0 Å². The Labute approximate surface area is 196 Å². The van der Waals surface area contributed by atoms with Crippen molar-refractivity contribution in [2.45, 2.75) is 45.8 Å². The van der Waals surface area contributed by atoms with Gasteiger partial charge in [-0.05, 0) is 63.1 Å². The number of phenols is 1. The Morgan fingerprint density at radius 3 is 2.27 bits per heavy atom. The topological polar surface area (TPSA) is 90.1 Å². The molecule has 3 rings (SSSR count). The summed E-state index contributed by atoms with van der Waals surface area (Å²) in [6.45, 7) is 11.3. The highest BCUT2D eigenvalue weighted by Gasteiger charge is 2.35. The summed E-state index contributed by atoms with van der Waals surface area (Å²) in [5, 5.41) is 10.2. The first-order valence-electron chi connectivity index (χ1n) is 11.7. The summed E-state index contributed by atoms with van der Waals surface area (Å²) in [7, 11) is 0. The Balaban J connectivity index is 1.95. The van der Waals surface area contributed by atoms with Crippen LogP contribution in [0, 0.1) is 0 Å². The number of rotatable bonds is 8. The van der Waals surface area contributed by atoms with Gasteiger partial charge < -0.3 is 15.7 Å². The number of piperazine rings is 1. The van der Waals surface area contributed by atoms with Crippen molar-refractivity contribution in [2.75, 3.05) is 32.7 Å². The molecule has 33 heavy (non-hydrogen) atoms. The van der Waals surface area contributed by atoms with Crippen molar-refractivity contribution in [2.24, 2.45) is 5.73 Å². The summed E-state index contributed by atoms with van der Waals surface area (Å²) in [5.74, 6) is -0.0677. The Morgan fingerprint density at radius 1 is 1.03 bits per heavy atom. The van der Waals surface area contributed by atoms with Crippen LogP contribution in [-0.4, -0.2) is 76.4 Å². The lowest BCUT2D eigenvalue weighted by molar-refractivity contribution is -0.120. The number of nitrogens with two attached hydrogens (primary N) is 1. The van der Waals surface area contributed by atoms with Gasteiger partial charge in [0.1, 0.15) is 5.75 Å². The van der Waals surface area contributed by atoms with E-state index in [4.69, 9.17) is 5.73 Å². The second kappa shape index (κ2) is 10.8. The zero-order chi connectivity index (χ0) is 24.1. The molecule has 0 spiro atoms. The number of benzene rings is 2. The number of carbonyl (C=O) groups excluding carboxylic acids is 2. The molecule has 1 aliphatic heterocycles. The molecule has 0 aliphatic carbocycles. The molecule has 1 fully saturated rings. The van der Waals surface area contributed by atoms with E-state index in [-0.39, 0.29) is 42.2 Å². The maximum Gasteiger partial charge on any atom is 0.253 e. The first-order valence-corrected chi connectivity index (χ1v) is 11.7. The van der Waals surface area contributed by atoms with Crippen LogP contribution < -0.4 is 5.73 Å². The maximum absolute atomic E-state index is 12.8. The van der Waals surface area contributed by atoms with E-state index in [9.17, 15) is 14.7 Å². The number of hydrogen-bond acceptors (Lipinski definition) is 5. The van der Waals surface area contributed by atoms with Gasteiger partial charge in [-0.2, -0.15) is 0 Å². The highest BCUT2D eigenvalue weighted by molar-refractivity contribution is 5.94. The van der Waals surface area contributed by atoms with Crippen LogP contribution in [0.1, 0.15) is 55.2 Å². The largest absolute Gasteiger partial charge is 0.508 e. The van der Waals surface area contributed by atoms with Gasteiger partial charge in [-0.25, -0.2) is 0 Å². The van der Waals surface area contributed by atoms with E-state index < -0.39 is 0 Å². The van der Waals surface area contributed by atoms with Crippen LogP contribution >= 0.6 is 0 Å². The molecule has 0 bridgehead atoms. The van der Waals surface area contributed by atoms with E-state index in [1.54, 1.807) is 12.1 Å². The second-order valence-corrected chi connectivity index (χ2v) is 8.89. The standard InChI is InChI=1S/C26H36N4O3/c1-5-28(6-2)26(33)21-12-10-20(11-13-21)25(22-8-7-9-23(31)14-22)30-16-18(3)29(15-19(30)4)17-24(27)32/h7-14,18-19,25,31H,5-6,15-17H2,1-4H3,(H2,27,32). The summed E-state index contributed by atoms with van der Waals surface area (Å²) in [6.07, 6.45) is 0. The molecular formula is C26H36N4O3. The van der Waals surface area contributed by atoms with Gasteiger partial charge in [0.15, 0.2) is 0 Å². The summed E-state index contributed by atoms with van der Waals surface area (Å²) in [5.41, 5.74) is 8.16. The third-order valence-corrected chi connectivity index (χ3v) is 6.56. The van der Waals surface area contributed by atoms with Crippen LogP contribution in [0.15, 0.2) is 48.5 Å². The van der Waals surface area contributed by atoms with Crippen LogP contribution in [0.3, 0.4) is 0 Å². The Hall–Kier alpha value is -2.90. The molecule has 0 aromatic heterocycles. The van der Waals surface area contributed by atoms with Crippen molar-refractivity contribution in [3.05, 3.63) is 65.2 Å². The molecule has 0 radical (unpaired) electrons. The van der Waals surface area contributed by atoms with Crippen LogP contribution in [0.2, 0.25) is 0 Å². The fourth-order valence-electron chi connectivity index (χ4n) is 4.78. The van der Waals surface area contributed by atoms with Gasteiger partial charge in [0.05, 0.1) is 12.6 Å². The average molecular weight is 453 g/mol. The first-order chi connectivity index (χ1) is 15.7. The zero-order valence-corrected chi connectivity index (χ0v) is 20.1. The van der Waals surface area contributed by atoms with E-state index in [0.29, 0.717) is 18.7 Å². The third-order valence-electron chi connectivity index (χ3n) is 6.56. The van der Waals surface area contributed by atoms with Crippen molar-refractivity contribution in [1.82, 2.24) is 14.7 Å². The predicted octanol–water partition coefficient (Wildman–Crippen LogP) is 2.84. The first kappa shape index (κ1) is 24.7. The van der Waals surface area contributed by atoms with Gasteiger partial charge in [-0.3, -0.25) is 19.4 Å². The van der Waals surface area contributed by atoms with Crippen molar-refractivity contribution in [3.63, 3.8) is 0 Å². The molecule has 178 valence electrons. The van der Waals surface area contributed by atoms with Gasteiger partial charge >= 0.3 is 0 Å². The van der Waals surface area contributed by atoms with Crippen molar-refractivity contribution >= 4 is 11.8 Å². The Kier molecular flexibility index (Phi) is 8.10. The Bertz CT molecular complexity index is 958. The van der Waals surface area contributed by atoms with Gasteiger partial charge in [-0.1, -0.05) is 24.3 Å². The lowest BCUT2D eigenvalue weighted by Gasteiger charge is -2.47. The number of hydrogen-bond donors (Lipinski definition) is 2. The third kappa shape index (κ3) is 5.72. The number of nitrogens with zero attached hydrogens (tertiary/aromatic N) is 3. The summed E-state index contributed by atoms with van der Waals surface area (Å²) < 4.78 is 0. The smallest absolute Gasteiger partial charge is 0.253 e. The summed E-state index contributed by atoms with van der Waals surface area (Å²) in [6, 6.07) is 15.4. The minimum atomic E-state index is -0.319. The molecule has 2 aromatic rings. The second-order valence-electron chi connectivity index (χ2n) is 8.89. The molecule has 3 atom stereocenters. The average Bonchev–Trinajstić information content (AvgIpc) is 2.78. The number of phenolic OH excluding ortho intramolecular Hbond substituents is 1. The van der Waals surface area contributed by atoms with E-state index in [0.717, 1.165) is 24.2 Å². The lowest BCUT2D eigenvalue weighted by Crippen LogP contribution is -2.58. The SMILES string of the molecule is CCN(CC)C(=O)c1ccc(C(c2cccc(O)c2)N2CC(C)N(CC(N)=O)CC2C)cc1. The number of aromatic hydroxyl groups is 1. The molecule has 3 N–H and O–H groups in total. The molecule has 2 amide bonds. The van der Waals surface area contributed by atoms with Crippen LogP contribution in [-0.2, 0) is 4.79 Å². The molecule has 1 heterocycles. The van der Waals surface area contributed by atoms with Crippen LogP contribution in [0.5, 0.6) is 5.75 Å².